The Morgan fingerprint density at radius 2 is 2.20 bits per heavy atom. The van der Waals surface area contributed by atoms with Crippen molar-refractivity contribution in [3.8, 4) is 17.0 Å². The fourth-order valence-corrected chi connectivity index (χ4v) is 2.10. The molecule has 0 saturated carbocycles. The van der Waals surface area contributed by atoms with E-state index in [1.165, 1.54) is 7.11 Å². The van der Waals surface area contributed by atoms with E-state index in [2.05, 4.69) is 15.4 Å². The normalized spacial score (nSPS) is 10.4. The van der Waals surface area contributed by atoms with E-state index in [0.717, 1.165) is 0 Å². The highest BCUT2D eigenvalue weighted by Gasteiger charge is 2.24. The van der Waals surface area contributed by atoms with Crippen molar-refractivity contribution >= 4 is 28.6 Å². The van der Waals surface area contributed by atoms with Crippen LogP contribution in [0.4, 0.5) is 4.39 Å². The van der Waals surface area contributed by atoms with Gasteiger partial charge in [0.25, 0.3) is 0 Å². The SMILES string of the molecule is CCOC(=O)c1n[nH]nc1-c1ccc(I)c(F)c1OC. The second kappa shape index (κ2) is 6.16. The van der Waals surface area contributed by atoms with Crippen molar-refractivity contribution < 1.29 is 18.7 Å². The zero-order valence-electron chi connectivity index (χ0n) is 10.7. The number of esters is 1. The number of ether oxygens (including phenoxy) is 2. The molecule has 2 aromatic rings. The molecule has 1 aromatic carbocycles. The smallest absolute Gasteiger partial charge is 0.361 e. The molecule has 0 saturated heterocycles. The summed E-state index contributed by atoms with van der Waals surface area (Å²) >= 11 is 1.85. The molecule has 0 aliphatic rings. The lowest BCUT2D eigenvalue weighted by Gasteiger charge is -2.09. The van der Waals surface area contributed by atoms with Crippen molar-refractivity contribution in [1.29, 1.82) is 0 Å². The van der Waals surface area contributed by atoms with Crippen molar-refractivity contribution in [2.24, 2.45) is 0 Å². The topological polar surface area (TPSA) is 77.1 Å². The summed E-state index contributed by atoms with van der Waals surface area (Å²) in [5.41, 5.74) is 0.517. The first-order valence-corrected chi connectivity index (χ1v) is 6.78. The van der Waals surface area contributed by atoms with E-state index in [0.29, 0.717) is 9.13 Å². The quantitative estimate of drug-likeness (QED) is 0.640. The van der Waals surface area contributed by atoms with Crippen LogP contribution in [0.1, 0.15) is 17.4 Å². The molecule has 0 unspecified atom stereocenters. The van der Waals surface area contributed by atoms with Gasteiger partial charge in [0.05, 0.1) is 17.3 Å². The van der Waals surface area contributed by atoms with Gasteiger partial charge in [-0.05, 0) is 41.6 Å². The zero-order chi connectivity index (χ0) is 14.7. The Morgan fingerprint density at radius 3 is 2.85 bits per heavy atom. The van der Waals surface area contributed by atoms with Crippen LogP contribution in [0.2, 0.25) is 0 Å². The molecule has 1 aromatic heterocycles. The molecule has 6 nitrogen and oxygen atoms in total. The number of aromatic amines is 1. The highest BCUT2D eigenvalue weighted by Crippen LogP contribution is 2.34. The third-order valence-electron chi connectivity index (χ3n) is 2.53. The summed E-state index contributed by atoms with van der Waals surface area (Å²) in [6, 6.07) is 3.18. The van der Waals surface area contributed by atoms with Gasteiger partial charge in [0.2, 0.25) is 0 Å². The predicted octanol–water partition coefficient (Wildman–Crippen LogP) is 2.40. The Hall–Kier alpha value is -1.71. The van der Waals surface area contributed by atoms with Crippen LogP contribution in [0.15, 0.2) is 12.1 Å². The Bertz CT molecular complexity index is 645. The van der Waals surface area contributed by atoms with Crippen molar-refractivity contribution in [1.82, 2.24) is 15.4 Å². The van der Waals surface area contributed by atoms with Gasteiger partial charge in [-0.2, -0.15) is 10.3 Å². The maximum atomic E-state index is 14.0. The molecule has 20 heavy (non-hydrogen) atoms. The highest BCUT2D eigenvalue weighted by molar-refractivity contribution is 14.1. The first-order chi connectivity index (χ1) is 9.60. The summed E-state index contributed by atoms with van der Waals surface area (Å²) in [7, 11) is 1.35. The largest absolute Gasteiger partial charge is 0.493 e. The maximum Gasteiger partial charge on any atom is 0.361 e. The number of nitrogens with zero attached hydrogens (tertiary/aromatic N) is 2. The summed E-state index contributed by atoms with van der Waals surface area (Å²) < 4.78 is 24.4. The molecule has 0 bridgehead atoms. The van der Waals surface area contributed by atoms with Gasteiger partial charge in [-0.3, -0.25) is 0 Å². The van der Waals surface area contributed by atoms with Gasteiger partial charge in [-0.15, -0.1) is 5.10 Å². The molecule has 0 atom stereocenters. The minimum Gasteiger partial charge on any atom is -0.493 e. The molecule has 0 fully saturated rings. The summed E-state index contributed by atoms with van der Waals surface area (Å²) in [5.74, 6) is -1.13. The molecule has 8 heteroatoms. The molecular weight excluding hydrogens is 380 g/mol. The minimum absolute atomic E-state index is 0.00856. The van der Waals surface area contributed by atoms with Gasteiger partial charge < -0.3 is 9.47 Å². The van der Waals surface area contributed by atoms with Gasteiger partial charge >= 0.3 is 5.97 Å². The van der Waals surface area contributed by atoms with Gasteiger partial charge in [0.1, 0.15) is 5.69 Å². The van der Waals surface area contributed by atoms with Crippen molar-refractivity contribution in [2.45, 2.75) is 6.92 Å². The number of nitrogens with one attached hydrogen (secondary N) is 1. The van der Waals surface area contributed by atoms with Gasteiger partial charge in [-0.1, -0.05) is 0 Å². The number of carbonyl (C=O) groups is 1. The third-order valence-corrected chi connectivity index (χ3v) is 3.36. The summed E-state index contributed by atoms with van der Waals surface area (Å²) in [6.45, 7) is 1.89. The fraction of sp³-hybridized carbons (Fsp3) is 0.250. The van der Waals surface area contributed by atoms with E-state index < -0.39 is 11.8 Å². The standard InChI is InChI=1S/C12H11FIN3O3/c1-3-20-12(18)10-9(15-17-16-10)6-4-5-7(14)8(13)11(6)19-2/h4-5H,3H2,1-2H3,(H,15,16,17). The average Bonchev–Trinajstić information content (AvgIpc) is 2.91. The van der Waals surface area contributed by atoms with Crippen molar-refractivity contribution in [3.05, 3.63) is 27.2 Å². The number of benzene rings is 1. The Kier molecular flexibility index (Phi) is 4.53. The van der Waals surface area contributed by atoms with Crippen LogP contribution in [0.25, 0.3) is 11.3 Å². The number of carbonyl (C=O) groups excluding carboxylic acids is 1. The van der Waals surface area contributed by atoms with E-state index >= 15 is 0 Å². The first kappa shape index (κ1) is 14.7. The molecule has 106 valence electrons. The molecule has 0 amide bonds. The Balaban J connectivity index is 2.56. The number of hydrogen-bond donors (Lipinski definition) is 1. The Morgan fingerprint density at radius 1 is 1.45 bits per heavy atom. The molecule has 2 rings (SSSR count). The first-order valence-electron chi connectivity index (χ1n) is 5.70. The molecule has 0 spiro atoms. The number of halogens is 2. The number of hydrogen-bond acceptors (Lipinski definition) is 5. The summed E-state index contributed by atoms with van der Waals surface area (Å²) in [6.07, 6.45) is 0. The number of methoxy groups -OCH3 is 1. The van der Waals surface area contributed by atoms with Gasteiger partial charge in [0.15, 0.2) is 17.3 Å². The van der Waals surface area contributed by atoms with Gasteiger partial charge in [0, 0.05) is 5.56 Å². The molecule has 0 aliphatic heterocycles. The number of rotatable bonds is 4. The van der Waals surface area contributed by atoms with Crippen molar-refractivity contribution in [3.63, 3.8) is 0 Å². The monoisotopic (exact) mass is 391 g/mol. The second-order valence-corrected chi connectivity index (χ2v) is 4.85. The number of H-pyrrole nitrogens is 1. The molecule has 1 heterocycles. The lowest BCUT2D eigenvalue weighted by molar-refractivity contribution is 0.0520. The zero-order valence-corrected chi connectivity index (χ0v) is 12.9. The average molecular weight is 391 g/mol. The number of aromatic nitrogens is 3. The molecular formula is C12H11FIN3O3. The lowest BCUT2D eigenvalue weighted by atomic mass is 10.1. The van der Waals surface area contributed by atoms with Crippen LogP contribution in [0.3, 0.4) is 0 Å². The molecule has 0 radical (unpaired) electrons. The van der Waals surface area contributed by atoms with Crippen LogP contribution in [-0.4, -0.2) is 35.1 Å². The van der Waals surface area contributed by atoms with Gasteiger partial charge in [-0.25, -0.2) is 9.18 Å². The van der Waals surface area contributed by atoms with Crippen LogP contribution in [0.5, 0.6) is 5.75 Å². The van der Waals surface area contributed by atoms with E-state index in [9.17, 15) is 9.18 Å². The van der Waals surface area contributed by atoms with E-state index in [1.807, 2.05) is 22.6 Å². The van der Waals surface area contributed by atoms with Crippen molar-refractivity contribution in [2.75, 3.05) is 13.7 Å². The van der Waals surface area contributed by atoms with Crippen LogP contribution in [0, 0.1) is 9.39 Å². The Labute approximate surface area is 127 Å². The van der Waals surface area contributed by atoms with E-state index in [1.54, 1.807) is 19.1 Å². The fourth-order valence-electron chi connectivity index (χ4n) is 1.68. The second-order valence-electron chi connectivity index (χ2n) is 3.68. The van der Waals surface area contributed by atoms with E-state index in [-0.39, 0.29) is 23.7 Å². The predicted molar refractivity (Wildman–Crippen MR) is 77.0 cm³/mol. The van der Waals surface area contributed by atoms with Crippen LogP contribution >= 0.6 is 22.6 Å². The molecule has 1 N–H and O–H groups in total. The lowest BCUT2D eigenvalue weighted by Crippen LogP contribution is -2.07. The summed E-state index contributed by atoms with van der Waals surface area (Å²) in [5, 5.41) is 9.97. The highest BCUT2D eigenvalue weighted by atomic mass is 127. The maximum absolute atomic E-state index is 14.0. The summed E-state index contributed by atoms with van der Waals surface area (Å²) in [4.78, 5) is 11.8. The van der Waals surface area contributed by atoms with E-state index in [4.69, 9.17) is 9.47 Å². The third kappa shape index (κ3) is 2.60. The van der Waals surface area contributed by atoms with Crippen LogP contribution < -0.4 is 4.74 Å². The van der Waals surface area contributed by atoms with Crippen LogP contribution in [-0.2, 0) is 4.74 Å². The molecule has 0 aliphatic carbocycles. The minimum atomic E-state index is -0.628.